The average Bonchev–Trinajstić information content (AvgIpc) is 2.53. The van der Waals surface area contributed by atoms with Gasteiger partial charge in [-0.15, -0.1) is 0 Å². The van der Waals surface area contributed by atoms with Crippen LogP contribution in [-0.2, 0) is 6.18 Å². The summed E-state index contributed by atoms with van der Waals surface area (Å²) in [4.78, 5) is 14.5. The van der Waals surface area contributed by atoms with E-state index in [-0.39, 0.29) is 5.56 Å². The predicted octanol–water partition coefficient (Wildman–Crippen LogP) is 2.41. The molecule has 0 aromatic heterocycles. The number of nitrogens with zero attached hydrogens (tertiary/aromatic N) is 1. The van der Waals surface area contributed by atoms with Crippen LogP contribution in [0.2, 0.25) is 0 Å². The van der Waals surface area contributed by atoms with E-state index in [0.29, 0.717) is 24.6 Å². The van der Waals surface area contributed by atoms with E-state index in [1.807, 2.05) is 0 Å². The van der Waals surface area contributed by atoms with Crippen molar-refractivity contribution >= 4 is 5.91 Å². The Labute approximate surface area is 140 Å². The summed E-state index contributed by atoms with van der Waals surface area (Å²) in [7, 11) is 0. The van der Waals surface area contributed by atoms with E-state index in [9.17, 15) is 18.0 Å². The molecule has 1 fully saturated rings. The van der Waals surface area contributed by atoms with Gasteiger partial charge < -0.3 is 16.0 Å². The Morgan fingerprint density at radius 1 is 1.29 bits per heavy atom. The molecular formula is C17H24F3N3O. The zero-order valence-electron chi connectivity index (χ0n) is 13.8. The van der Waals surface area contributed by atoms with Gasteiger partial charge in [0.15, 0.2) is 0 Å². The normalized spacial score (nSPS) is 17.0. The van der Waals surface area contributed by atoms with E-state index in [0.717, 1.165) is 44.6 Å². The van der Waals surface area contributed by atoms with Crippen molar-refractivity contribution in [2.24, 2.45) is 11.7 Å². The lowest BCUT2D eigenvalue weighted by Gasteiger charge is -2.31. The topological polar surface area (TPSA) is 58.4 Å². The number of amides is 1. The first-order valence-corrected chi connectivity index (χ1v) is 8.19. The minimum absolute atomic E-state index is 0.0582. The monoisotopic (exact) mass is 343 g/mol. The second kappa shape index (κ2) is 7.98. The van der Waals surface area contributed by atoms with Crippen molar-refractivity contribution in [3.63, 3.8) is 0 Å². The number of nitrogens with two attached hydrogens (primary N) is 1. The fourth-order valence-corrected chi connectivity index (χ4v) is 3.01. The number of piperidine rings is 1. The highest BCUT2D eigenvalue weighted by atomic mass is 19.4. The number of benzene rings is 1. The van der Waals surface area contributed by atoms with Crippen molar-refractivity contribution in [3.05, 3.63) is 34.9 Å². The van der Waals surface area contributed by atoms with Crippen LogP contribution in [0, 0.1) is 12.8 Å². The van der Waals surface area contributed by atoms with Gasteiger partial charge in [-0.2, -0.15) is 13.2 Å². The van der Waals surface area contributed by atoms with E-state index < -0.39 is 17.6 Å². The van der Waals surface area contributed by atoms with E-state index >= 15 is 0 Å². The number of hydrogen-bond acceptors (Lipinski definition) is 3. The SMILES string of the molecule is Cc1cc(C(=O)NCC2CCN(CCN)CC2)cc(C(F)(F)F)c1. The Hall–Kier alpha value is -1.60. The average molecular weight is 343 g/mol. The van der Waals surface area contributed by atoms with Crippen molar-refractivity contribution in [2.75, 3.05) is 32.7 Å². The molecule has 1 saturated heterocycles. The van der Waals surface area contributed by atoms with Crippen LogP contribution in [-0.4, -0.2) is 43.5 Å². The molecule has 4 nitrogen and oxygen atoms in total. The second-order valence-electron chi connectivity index (χ2n) is 6.37. The number of rotatable bonds is 5. The zero-order valence-corrected chi connectivity index (χ0v) is 13.8. The maximum atomic E-state index is 12.8. The van der Waals surface area contributed by atoms with E-state index in [2.05, 4.69) is 10.2 Å². The summed E-state index contributed by atoms with van der Waals surface area (Å²) in [5.74, 6) is -0.0940. The quantitative estimate of drug-likeness (QED) is 0.863. The molecule has 0 radical (unpaired) electrons. The molecule has 1 aliphatic rings. The highest BCUT2D eigenvalue weighted by Gasteiger charge is 2.31. The smallest absolute Gasteiger partial charge is 0.352 e. The zero-order chi connectivity index (χ0) is 17.7. The summed E-state index contributed by atoms with van der Waals surface area (Å²) in [5.41, 5.74) is 5.22. The minimum atomic E-state index is -4.45. The van der Waals surface area contributed by atoms with E-state index in [4.69, 9.17) is 5.73 Å². The number of hydrogen-bond donors (Lipinski definition) is 2. The summed E-state index contributed by atoms with van der Waals surface area (Å²) < 4.78 is 38.5. The molecule has 0 spiro atoms. The lowest BCUT2D eigenvalue weighted by Crippen LogP contribution is -2.40. The maximum absolute atomic E-state index is 12.8. The number of likely N-dealkylation sites (tertiary alicyclic amines) is 1. The third kappa shape index (κ3) is 5.21. The summed E-state index contributed by atoms with van der Waals surface area (Å²) in [6.07, 6.45) is -2.53. The molecule has 0 atom stereocenters. The molecule has 0 bridgehead atoms. The lowest BCUT2D eigenvalue weighted by atomic mass is 9.96. The van der Waals surface area contributed by atoms with Crippen molar-refractivity contribution in [1.29, 1.82) is 0 Å². The molecule has 1 heterocycles. The van der Waals surface area contributed by atoms with Gasteiger partial charge in [-0.25, -0.2) is 0 Å². The molecule has 0 aliphatic carbocycles. The van der Waals surface area contributed by atoms with Crippen molar-refractivity contribution in [1.82, 2.24) is 10.2 Å². The molecule has 134 valence electrons. The molecule has 1 aromatic carbocycles. The molecule has 1 aliphatic heterocycles. The van der Waals surface area contributed by atoms with E-state index in [1.54, 1.807) is 6.92 Å². The van der Waals surface area contributed by atoms with Crippen LogP contribution in [0.1, 0.15) is 34.3 Å². The largest absolute Gasteiger partial charge is 0.416 e. The molecular weight excluding hydrogens is 319 g/mol. The minimum Gasteiger partial charge on any atom is -0.352 e. The first kappa shape index (κ1) is 18.7. The van der Waals surface area contributed by atoms with Gasteiger partial charge in [0.05, 0.1) is 5.56 Å². The Balaban J connectivity index is 1.90. The molecule has 3 N–H and O–H groups in total. The molecule has 0 unspecified atom stereocenters. The first-order valence-electron chi connectivity index (χ1n) is 8.19. The van der Waals surface area contributed by atoms with Gasteiger partial charge in [-0.3, -0.25) is 4.79 Å². The second-order valence-corrected chi connectivity index (χ2v) is 6.37. The van der Waals surface area contributed by atoms with Crippen LogP contribution >= 0.6 is 0 Å². The fourth-order valence-electron chi connectivity index (χ4n) is 3.01. The Kier molecular flexibility index (Phi) is 6.23. The summed E-state index contributed by atoms with van der Waals surface area (Å²) in [6, 6.07) is 3.44. The first-order chi connectivity index (χ1) is 11.3. The molecule has 0 saturated carbocycles. The van der Waals surface area contributed by atoms with Crippen molar-refractivity contribution < 1.29 is 18.0 Å². The number of nitrogens with one attached hydrogen (secondary N) is 1. The molecule has 1 aromatic rings. The summed E-state index contributed by atoms with van der Waals surface area (Å²) >= 11 is 0. The van der Waals surface area contributed by atoms with Crippen molar-refractivity contribution in [3.8, 4) is 0 Å². The Morgan fingerprint density at radius 2 is 1.96 bits per heavy atom. The number of carbonyl (C=O) groups is 1. The standard InChI is InChI=1S/C17H24F3N3O/c1-12-8-14(10-15(9-12)17(18,19)20)16(24)22-11-13-2-5-23(6-3-13)7-4-21/h8-10,13H,2-7,11,21H2,1H3,(H,22,24). The number of aryl methyl sites for hydroxylation is 1. The number of carbonyl (C=O) groups excluding carboxylic acids is 1. The fraction of sp³-hybridized carbons (Fsp3) is 0.588. The van der Waals surface area contributed by atoms with Gasteiger partial charge in [0.25, 0.3) is 5.91 Å². The number of alkyl halides is 3. The van der Waals surface area contributed by atoms with Crippen LogP contribution in [0.4, 0.5) is 13.2 Å². The van der Waals surface area contributed by atoms with Crippen LogP contribution in [0.3, 0.4) is 0 Å². The van der Waals surface area contributed by atoms with Gasteiger partial charge in [0.1, 0.15) is 0 Å². The van der Waals surface area contributed by atoms with E-state index in [1.165, 1.54) is 6.07 Å². The van der Waals surface area contributed by atoms with Gasteiger partial charge >= 0.3 is 6.18 Å². The molecule has 7 heteroatoms. The Morgan fingerprint density at radius 3 is 2.54 bits per heavy atom. The highest BCUT2D eigenvalue weighted by Crippen LogP contribution is 2.30. The summed E-state index contributed by atoms with van der Waals surface area (Å²) in [5, 5.41) is 2.77. The van der Waals surface area contributed by atoms with Crippen LogP contribution in [0.5, 0.6) is 0 Å². The van der Waals surface area contributed by atoms with Gasteiger partial charge in [0.2, 0.25) is 0 Å². The van der Waals surface area contributed by atoms with Gasteiger partial charge in [-0.1, -0.05) is 0 Å². The Bertz CT molecular complexity index is 567. The molecule has 1 amide bonds. The van der Waals surface area contributed by atoms with Crippen LogP contribution in [0.25, 0.3) is 0 Å². The van der Waals surface area contributed by atoms with Gasteiger partial charge in [-0.05, 0) is 62.5 Å². The van der Waals surface area contributed by atoms with Crippen molar-refractivity contribution in [2.45, 2.75) is 25.9 Å². The van der Waals surface area contributed by atoms with Gasteiger partial charge in [0, 0.05) is 25.2 Å². The predicted molar refractivity (Wildman–Crippen MR) is 86.7 cm³/mol. The maximum Gasteiger partial charge on any atom is 0.416 e. The lowest BCUT2D eigenvalue weighted by molar-refractivity contribution is -0.137. The third-order valence-electron chi connectivity index (χ3n) is 4.37. The third-order valence-corrected chi connectivity index (χ3v) is 4.37. The molecule has 24 heavy (non-hydrogen) atoms. The highest BCUT2D eigenvalue weighted by molar-refractivity contribution is 5.94. The van der Waals surface area contributed by atoms with Crippen LogP contribution < -0.4 is 11.1 Å². The van der Waals surface area contributed by atoms with Crippen LogP contribution in [0.15, 0.2) is 18.2 Å². The summed E-state index contributed by atoms with van der Waals surface area (Å²) in [6.45, 7) is 5.45. The molecule has 2 rings (SSSR count). The number of halogens is 3.